The molecule has 4 nitrogen and oxygen atoms in total. The normalized spacial score (nSPS) is 18.8. The van der Waals surface area contributed by atoms with Gasteiger partial charge in [0.1, 0.15) is 0 Å². The van der Waals surface area contributed by atoms with Crippen molar-refractivity contribution < 1.29 is 14.3 Å². The van der Waals surface area contributed by atoms with Crippen LogP contribution in [0.25, 0.3) is 0 Å². The van der Waals surface area contributed by atoms with Crippen LogP contribution in [0.2, 0.25) is 0 Å². The van der Waals surface area contributed by atoms with E-state index >= 15 is 0 Å². The molecule has 1 aromatic rings. The van der Waals surface area contributed by atoms with E-state index in [-0.39, 0.29) is 17.3 Å². The number of thioether (sulfide) groups is 1. The Balaban J connectivity index is 1.54. The van der Waals surface area contributed by atoms with Gasteiger partial charge in [0, 0.05) is 29.1 Å². The zero-order chi connectivity index (χ0) is 16.5. The van der Waals surface area contributed by atoms with Crippen LogP contribution in [0.5, 0.6) is 0 Å². The summed E-state index contributed by atoms with van der Waals surface area (Å²) < 4.78 is 12.1. The predicted molar refractivity (Wildman–Crippen MR) is 96.9 cm³/mol. The maximum Gasteiger partial charge on any atom is 0.233 e. The molecule has 0 saturated carbocycles. The lowest BCUT2D eigenvalue weighted by Crippen LogP contribution is -2.32. The van der Waals surface area contributed by atoms with Gasteiger partial charge in [0.15, 0.2) is 0 Å². The SMILES string of the molecule is CC(Sc1ccc(Br)cc1)C(=O)NCCCOCC1CCCO1. The maximum atomic E-state index is 12.1. The molecule has 0 spiro atoms. The lowest BCUT2D eigenvalue weighted by molar-refractivity contribution is -0.120. The molecule has 1 aliphatic rings. The van der Waals surface area contributed by atoms with Gasteiger partial charge in [-0.25, -0.2) is 0 Å². The third-order valence-corrected chi connectivity index (χ3v) is 5.23. The Kier molecular flexibility index (Phi) is 8.44. The van der Waals surface area contributed by atoms with Gasteiger partial charge in [-0.2, -0.15) is 0 Å². The monoisotopic (exact) mass is 401 g/mol. The Morgan fingerprint density at radius 2 is 2.26 bits per heavy atom. The van der Waals surface area contributed by atoms with Crippen LogP contribution in [0.3, 0.4) is 0 Å². The minimum absolute atomic E-state index is 0.0667. The summed E-state index contributed by atoms with van der Waals surface area (Å²) in [5.74, 6) is 0.0667. The van der Waals surface area contributed by atoms with E-state index in [2.05, 4.69) is 21.2 Å². The van der Waals surface area contributed by atoms with Gasteiger partial charge in [0.25, 0.3) is 0 Å². The largest absolute Gasteiger partial charge is 0.379 e. The molecule has 2 unspecified atom stereocenters. The number of ether oxygens (including phenoxy) is 2. The number of hydrogen-bond donors (Lipinski definition) is 1. The second kappa shape index (κ2) is 10.3. The van der Waals surface area contributed by atoms with Gasteiger partial charge in [0.05, 0.1) is 18.0 Å². The van der Waals surface area contributed by atoms with Gasteiger partial charge < -0.3 is 14.8 Å². The van der Waals surface area contributed by atoms with E-state index in [1.54, 1.807) is 11.8 Å². The molecule has 1 heterocycles. The average molecular weight is 402 g/mol. The molecule has 128 valence electrons. The fourth-order valence-corrected chi connectivity index (χ4v) is 3.45. The summed E-state index contributed by atoms with van der Waals surface area (Å²) in [6.07, 6.45) is 3.33. The highest BCUT2D eigenvalue weighted by molar-refractivity contribution is 9.10. The quantitative estimate of drug-likeness (QED) is 0.506. The van der Waals surface area contributed by atoms with Gasteiger partial charge >= 0.3 is 0 Å². The fraction of sp³-hybridized carbons (Fsp3) is 0.588. The zero-order valence-electron chi connectivity index (χ0n) is 13.4. The number of carbonyl (C=O) groups is 1. The van der Waals surface area contributed by atoms with Crippen molar-refractivity contribution in [2.45, 2.75) is 42.4 Å². The highest BCUT2D eigenvalue weighted by Gasteiger charge is 2.15. The first-order chi connectivity index (χ1) is 11.1. The lowest BCUT2D eigenvalue weighted by Gasteiger charge is -2.13. The third kappa shape index (κ3) is 7.25. The van der Waals surface area contributed by atoms with Crippen molar-refractivity contribution in [2.75, 3.05) is 26.4 Å². The standard InChI is InChI=1S/C17H24BrNO3S/c1-13(23-16-7-5-14(18)6-8-16)17(20)19-9-3-10-21-12-15-4-2-11-22-15/h5-8,13,15H,2-4,9-12H2,1H3,(H,19,20). The van der Waals surface area contributed by atoms with Crippen LogP contribution in [-0.4, -0.2) is 43.6 Å². The van der Waals surface area contributed by atoms with E-state index in [1.165, 1.54) is 0 Å². The summed E-state index contributed by atoms with van der Waals surface area (Å²) in [6, 6.07) is 7.99. The molecular formula is C17H24BrNO3S. The molecule has 1 fully saturated rings. The number of benzene rings is 1. The van der Waals surface area contributed by atoms with Crippen LogP contribution >= 0.6 is 27.7 Å². The molecule has 23 heavy (non-hydrogen) atoms. The van der Waals surface area contributed by atoms with E-state index in [0.29, 0.717) is 19.8 Å². The van der Waals surface area contributed by atoms with Crippen LogP contribution in [0.4, 0.5) is 0 Å². The topological polar surface area (TPSA) is 47.6 Å². The molecule has 0 aromatic heterocycles. The molecule has 2 rings (SSSR count). The number of hydrogen-bond acceptors (Lipinski definition) is 4. The Bertz CT molecular complexity index is 477. The molecule has 0 radical (unpaired) electrons. The Morgan fingerprint density at radius 3 is 2.96 bits per heavy atom. The second-order valence-corrected chi connectivity index (χ2v) is 7.90. The summed E-state index contributed by atoms with van der Waals surface area (Å²) >= 11 is 4.97. The Hall–Kier alpha value is -0.560. The van der Waals surface area contributed by atoms with Gasteiger partial charge in [0.2, 0.25) is 5.91 Å². The van der Waals surface area contributed by atoms with Gasteiger partial charge in [-0.3, -0.25) is 4.79 Å². The van der Waals surface area contributed by atoms with E-state index in [4.69, 9.17) is 9.47 Å². The van der Waals surface area contributed by atoms with Crippen LogP contribution < -0.4 is 5.32 Å². The second-order valence-electron chi connectivity index (χ2n) is 5.57. The van der Waals surface area contributed by atoms with E-state index in [0.717, 1.165) is 35.2 Å². The van der Waals surface area contributed by atoms with Crippen LogP contribution in [0.15, 0.2) is 33.6 Å². The minimum Gasteiger partial charge on any atom is -0.379 e. The van der Waals surface area contributed by atoms with Crippen molar-refractivity contribution in [1.82, 2.24) is 5.32 Å². The fourth-order valence-electron chi connectivity index (χ4n) is 2.29. The van der Waals surface area contributed by atoms with E-state index in [1.807, 2.05) is 31.2 Å². The number of rotatable bonds is 9. The molecule has 1 N–H and O–H groups in total. The molecule has 1 aromatic carbocycles. The highest BCUT2D eigenvalue weighted by atomic mass is 79.9. The summed E-state index contributed by atoms with van der Waals surface area (Å²) in [7, 11) is 0. The number of carbonyl (C=O) groups excluding carboxylic acids is 1. The highest BCUT2D eigenvalue weighted by Crippen LogP contribution is 2.24. The van der Waals surface area contributed by atoms with E-state index < -0.39 is 0 Å². The molecular weight excluding hydrogens is 378 g/mol. The first-order valence-corrected chi connectivity index (χ1v) is 9.71. The maximum absolute atomic E-state index is 12.1. The average Bonchev–Trinajstić information content (AvgIpc) is 3.06. The van der Waals surface area contributed by atoms with Crippen molar-refractivity contribution in [3.63, 3.8) is 0 Å². The summed E-state index contributed by atoms with van der Waals surface area (Å²) in [4.78, 5) is 13.1. The van der Waals surface area contributed by atoms with Crippen molar-refractivity contribution in [3.8, 4) is 0 Å². The third-order valence-electron chi connectivity index (χ3n) is 3.59. The molecule has 1 aliphatic heterocycles. The van der Waals surface area contributed by atoms with Crippen molar-refractivity contribution in [3.05, 3.63) is 28.7 Å². The number of halogens is 1. The van der Waals surface area contributed by atoms with Crippen molar-refractivity contribution in [1.29, 1.82) is 0 Å². The predicted octanol–water partition coefficient (Wildman–Crippen LogP) is 3.63. The van der Waals surface area contributed by atoms with Gasteiger partial charge in [-0.1, -0.05) is 15.9 Å². The molecule has 1 amide bonds. The van der Waals surface area contributed by atoms with Crippen LogP contribution in [0, 0.1) is 0 Å². The van der Waals surface area contributed by atoms with E-state index in [9.17, 15) is 4.79 Å². The number of nitrogens with one attached hydrogen (secondary N) is 1. The molecule has 0 aliphatic carbocycles. The van der Waals surface area contributed by atoms with Crippen LogP contribution in [-0.2, 0) is 14.3 Å². The Morgan fingerprint density at radius 1 is 1.48 bits per heavy atom. The van der Waals surface area contributed by atoms with Crippen molar-refractivity contribution in [2.24, 2.45) is 0 Å². The minimum atomic E-state index is -0.107. The van der Waals surface area contributed by atoms with Gasteiger partial charge in [-0.15, -0.1) is 11.8 Å². The van der Waals surface area contributed by atoms with Crippen LogP contribution in [0.1, 0.15) is 26.2 Å². The molecule has 1 saturated heterocycles. The smallest absolute Gasteiger partial charge is 0.233 e. The first-order valence-electron chi connectivity index (χ1n) is 8.04. The molecule has 2 atom stereocenters. The Labute approximate surface area is 150 Å². The summed E-state index contributed by atoms with van der Waals surface area (Å²) in [6.45, 7) is 4.77. The summed E-state index contributed by atoms with van der Waals surface area (Å²) in [5.41, 5.74) is 0. The van der Waals surface area contributed by atoms with Gasteiger partial charge in [-0.05, 0) is 50.5 Å². The first kappa shape index (κ1) is 18.8. The molecule has 6 heteroatoms. The van der Waals surface area contributed by atoms with Crippen molar-refractivity contribution >= 4 is 33.6 Å². The summed E-state index contributed by atoms with van der Waals surface area (Å²) in [5, 5.41) is 2.85. The lowest BCUT2D eigenvalue weighted by atomic mass is 10.2. The molecule has 0 bridgehead atoms. The zero-order valence-corrected chi connectivity index (χ0v) is 15.8. The number of amides is 1.